The average molecular weight is 297 g/mol. The summed E-state index contributed by atoms with van der Waals surface area (Å²) < 4.78 is 28.1. The molecule has 0 heterocycles. The van der Waals surface area contributed by atoms with Crippen molar-refractivity contribution in [1.29, 1.82) is 0 Å². The maximum absolute atomic E-state index is 11.4. The van der Waals surface area contributed by atoms with Crippen molar-refractivity contribution in [2.75, 3.05) is 7.11 Å². The first-order valence-electron chi connectivity index (χ1n) is 5.61. The summed E-state index contributed by atoms with van der Waals surface area (Å²) in [5.41, 5.74) is 2.67. The Hall–Kier alpha value is -1.52. The van der Waals surface area contributed by atoms with Gasteiger partial charge in [-0.3, -0.25) is 0 Å². The number of aryl methyl sites for hydroxylation is 1. The molecule has 0 N–H and O–H groups in total. The molecule has 2 rings (SSSR count). The van der Waals surface area contributed by atoms with Crippen LogP contribution in [0.5, 0.6) is 5.75 Å². The molecule has 0 bridgehead atoms. The molecule has 0 aliphatic carbocycles. The predicted octanol–water partition coefficient (Wildman–Crippen LogP) is 3.60. The smallest absolute Gasteiger partial charge is 0.261 e. The number of methoxy groups -OCH3 is 1. The van der Waals surface area contributed by atoms with Gasteiger partial charge in [-0.2, -0.15) is 0 Å². The van der Waals surface area contributed by atoms with Gasteiger partial charge in [0.1, 0.15) is 5.75 Å². The molecule has 19 heavy (non-hydrogen) atoms. The van der Waals surface area contributed by atoms with Crippen molar-refractivity contribution in [3.63, 3.8) is 0 Å². The van der Waals surface area contributed by atoms with E-state index in [1.165, 1.54) is 12.1 Å². The summed E-state index contributed by atoms with van der Waals surface area (Å²) in [6.07, 6.45) is 0. The predicted molar refractivity (Wildman–Crippen MR) is 76.2 cm³/mol. The molecule has 2 aromatic carbocycles. The third kappa shape index (κ3) is 3.08. The molecule has 0 aromatic heterocycles. The fourth-order valence-corrected chi connectivity index (χ4v) is 2.65. The van der Waals surface area contributed by atoms with Crippen LogP contribution in [0.15, 0.2) is 47.4 Å². The summed E-state index contributed by atoms with van der Waals surface area (Å²) in [6.45, 7) is 1.97. The highest BCUT2D eigenvalue weighted by atomic mass is 35.7. The molecule has 0 saturated carbocycles. The fourth-order valence-electron chi connectivity index (χ4n) is 1.88. The second-order valence-corrected chi connectivity index (χ2v) is 6.74. The zero-order chi connectivity index (χ0) is 14.0. The van der Waals surface area contributed by atoms with E-state index in [-0.39, 0.29) is 4.90 Å². The van der Waals surface area contributed by atoms with Crippen molar-refractivity contribution in [2.24, 2.45) is 0 Å². The number of benzene rings is 2. The number of hydrogen-bond acceptors (Lipinski definition) is 3. The molecule has 0 atom stereocenters. The van der Waals surface area contributed by atoms with Crippen LogP contribution in [0, 0.1) is 6.92 Å². The number of halogens is 1. The van der Waals surface area contributed by atoms with E-state index in [4.69, 9.17) is 15.4 Å². The Morgan fingerprint density at radius 1 is 1.11 bits per heavy atom. The van der Waals surface area contributed by atoms with Crippen molar-refractivity contribution >= 4 is 19.7 Å². The molecule has 0 unspecified atom stereocenters. The zero-order valence-electron chi connectivity index (χ0n) is 10.6. The van der Waals surface area contributed by atoms with Crippen LogP contribution in [0.3, 0.4) is 0 Å². The molecule has 5 heteroatoms. The van der Waals surface area contributed by atoms with E-state index >= 15 is 0 Å². The minimum Gasteiger partial charge on any atom is -0.496 e. The molecule has 0 aliphatic heterocycles. The SMILES string of the molecule is COc1ccc(S(=O)(=O)Cl)cc1-c1cccc(C)c1. The van der Waals surface area contributed by atoms with Gasteiger partial charge in [0.2, 0.25) is 0 Å². The number of ether oxygens (including phenoxy) is 1. The lowest BCUT2D eigenvalue weighted by Gasteiger charge is -2.10. The lowest BCUT2D eigenvalue weighted by molar-refractivity contribution is 0.416. The molecule has 3 nitrogen and oxygen atoms in total. The normalized spacial score (nSPS) is 11.3. The van der Waals surface area contributed by atoms with E-state index in [0.717, 1.165) is 11.1 Å². The molecule has 0 saturated heterocycles. The molecule has 100 valence electrons. The van der Waals surface area contributed by atoms with Gasteiger partial charge in [0.05, 0.1) is 12.0 Å². The zero-order valence-corrected chi connectivity index (χ0v) is 12.1. The van der Waals surface area contributed by atoms with Crippen molar-refractivity contribution < 1.29 is 13.2 Å². The van der Waals surface area contributed by atoms with Gasteiger partial charge in [-0.05, 0) is 30.7 Å². The molecule has 0 amide bonds. The van der Waals surface area contributed by atoms with Gasteiger partial charge in [0.25, 0.3) is 9.05 Å². The van der Waals surface area contributed by atoms with Crippen LogP contribution in [-0.2, 0) is 9.05 Å². The fraction of sp³-hybridized carbons (Fsp3) is 0.143. The van der Waals surface area contributed by atoms with Gasteiger partial charge in [0.15, 0.2) is 0 Å². The van der Waals surface area contributed by atoms with Gasteiger partial charge < -0.3 is 4.74 Å². The van der Waals surface area contributed by atoms with E-state index in [1.54, 1.807) is 13.2 Å². The van der Waals surface area contributed by atoms with E-state index < -0.39 is 9.05 Å². The van der Waals surface area contributed by atoms with Crippen molar-refractivity contribution in [1.82, 2.24) is 0 Å². The Kier molecular flexibility index (Phi) is 3.83. The minimum absolute atomic E-state index is 0.0615. The van der Waals surface area contributed by atoms with Crippen LogP contribution >= 0.6 is 10.7 Å². The van der Waals surface area contributed by atoms with Crippen LogP contribution in [0.1, 0.15) is 5.56 Å². The van der Waals surface area contributed by atoms with Gasteiger partial charge >= 0.3 is 0 Å². The maximum atomic E-state index is 11.4. The highest BCUT2D eigenvalue weighted by Crippen LogP contribution is 2.33. The Balaban J connectivity index is 2.66. The molecular weight excluding hydrogens is 284 g/mol. The van der Waals surface area contributed by atoms with E-state index in [0.29, 0.717) is 11.3 Å². The Labute approximate surface area is 117 Å². The van der Waals surface area contributed by atoms with Crippen LogP contribution < -0.4 is 4.74 Å². The van der Waals surface area contributed by atoms with Gasteiger partial charge in [0, 0.05) is 16.2 Å². The summed E-state index contributed by atoms with van der Waals surface area (Å²) in [4.78, 5) is 0.0615. The molecule has 2 aromatic rings. The number of hydrogen-bond donors (Lipinski definition) is 0. The highest BCUT2D eigenvalue weighted by Gasteiger charge is 2.14. The van der Waals surface area contributed by atoms with Gasteiger partial charge in [-0.15, -0.1) is 0 Å². The standard InChI is InChI=1S/C14H13ClO3S/c1-10-4-3-5-11(8-10)13-9-12(19(15,16)17)6-7-14(13)18-2/h3-9H,1-2H3. The summed E-state index contributed by atoms with van der Waals surface area (Å²) in [5.74, 6) is 0.606. The monoisotopic (exact) mass is 296 g/mol. The van der Waals surface area contributed by atoms with E-state index in [2.05, 4.69) is 0 Å². The number of rotatable bonds is 3. The topological polar surface area (TPSA) is 43.4 Å². The first-order chi connectivity index (χ1) is 8.91. The minimum atomic E-state index is -3.75. The summed E-state index contributed by atoms with van der Waals surface area (Å²) >= 11 is 0. The Bertz CT molecular complexity index is 708. The molecule has 0 fully saturated rings. The Morgan fingerprint density at radius 3 is 2.42 bits per heavy atom. The van der Waals surface area contributed by atoms with Crippen LogP contribution in [-0.4, -0.2) is 15.5 Å². The largest absolute Gasteiger partial charge is 0.496 e. The third-order valence-corrected chi connectivity index (χ3v) is 4.13. The summed E-state index contributed by atoms with van der Waals surface area (Å²) in [5, 5.41) is 0. The molecule has 0 aliphatic rings. The second-order valence-electron chi connectivity index (χ2n) is 4.17. The molecule has 0 radical (unpaired) electrons. The van der Waals surface area contributed by atoms with Crippen LogP contribution in [0.4, 0.5) is 0 Å². The highest BCUT2D eigenvalue weighted by molar-refractivity contribution is 8.13. The van der Waals surface area contributed by atoms with Crippen molar-refractivity contribution in [3.8, 4) is 16.9 Å². The second kappa shape index (κ2) is 5.23. The lowest BCUT2D eigenvalue weighted by Crippen LogP contribution is -1.94. The first-order valence-corrected chi connectivity index (χ1v) is 7.92. The molecule has 0 spiro atoms. The van der Waals surface area contributed by atoms with Crippen molar-refractivity contribution in [3.05, 3.63) is 48.0 Å². The average Bonchev–Trinajstić information content (AvgIpc) is 2.37. The van der Waals surface area contributed by atoms with Crippen LogP contribution in [0.25, 0.3) is 11.1 Å². The van der Waals surface area contributed by atoms with Gasteiger partial charge in [-0.1, -0.05) is 29.8 Å². The lowest BCUT2D eigenvalue weighted by atomic mass is 10.0. The van der Waals surface area contributed by atoms with E-state index in [9.17, 15) is 8.42 Å². The molecular formula is C14H13ClO3S. The first kappa shape index (κ1) is 13.9. The quantitative estimate of drug-likeness (QED) is 0.813. The Morgan fingerprint density at radius 2 is 1.84 bits per heavy atom. The third-order valence-electron chi connectivity index (χ3n) is 2.78. The summed E-state index contributed by atoms with van der Waals surface area (Å²) in [6, 6.07) is 12.3. The maximum Gasteiger partial charge on any atom is 0.261 e. The van der Waals surface area contributed by atoms with E-state index in [1.807, 2.05) is 31.2 Å². The van der Waals surface area contributed by atoms with Crippen molar-refractivity contribution in [2.45, 2.75) is 11.8 Å². The van der Waals surface area contributed by atoms with Crippen LogP contribution in [0.2, 0.25) is 0 Å². The summed E-state index contributed by atoms with van der Waals surface area (Å²) in [7, 11) is 3.17. The van der Waals surface area contributed by atoms with Gasteiger partial charge in [-0.25, -0.2) is 8.42 Å².